The highest BCUT2D eigenvalue weighted by Gasteiger charge is 2.33. The SMILES string of the molecule is O=C([O-])C(F)(F)F.O=C(c1cc(Cc2c[nH]c(=O)c3cc(Cl)c(Cl)n23)ccc1F)N1CCC([NH+]2CCc3ccccc3C2)CC1. The van der Waals surface area contributed by atoms with E-state index in [9.17, 15) is 27.2 Å². The van der Waals surface area contributed by atoms with E-state index in [1.807, 2.05) is 0 Å². The van der Waals surface area contributed by atoms with Crippen molar-refractivity contribution in [1.29, 1.82) is 0 Å². The van der Waals surface area contributed by atoms with E-state index in [4.69, 9.17) is 33.1 Å². The standard InChI is InChI=1S/C29H27Cl2FN4O2.C2HF3O2/c30-24-15-26-28(37)33-16-22(36(26)27(24)31)13-18-5-6-25(32)23(14-18)29(38)34-11-8-21(9-12-34)35-10-7-19-3-1-2-4-20(19)17-35;3-2(4,5)1(6)7/h1-6,14-16,21H,7-13,17H2,(H,33,37);(H,6,7). The zero-order valence-corrected chi connectivity index (χ0v) is 25.2. The molecule has 1 unspecified atom stereocenters. The molecule has 2 aliphatic heterocycles. The summed E-state index contributed by atoms with van der Waals surface area (Å²) in [6, 6.07) is 15.3. The number of piperidine rings is 1. The number of alkyl halides is 3. The van der Waals surface area contributed by atoms with Gasteiger partial charge in [0.1, 0.15) is 29.0 Å². The maximum Gasteiger partial charge on any atom is 0.430 e. The number of quaternary nitrogens is 1. The zero-order valence-electron chi connectivity index (χ0n) is 23.7. The molecule has 1 atom stereocenters. The van der Waals surface area contributed by atoms with Gasteiger partial charge in [0.2, 0.25) is 0 Å². The van der Waals surface area contributed by atoms with Crippen LogP contribution in [0.25, 0.3) is 5.52 Å². The Morgan fingerprint density at radius 3 is 2.38 bits per heavy atom. The van der Waals surface area contributed by atoms with Gasteiger partial charge in [0.05, 0.1) is 23.2 Å². The minimum absolute atomic E-state index is 0.0671. The molecule has 6 rings (SSSR count). The van der Waals surface area contributed by atoms with Crippen LogP contribution in [0.5, 0.6) is 0 Å². The molecule has 45 heavy (non-hydrogen) atoms. The van der Waals surface area contributed by atoms with E-state index in [2.05, 4.69) is 29.2 Å². The van der Waals surface area contributed by atoms with Crippen LogP contribution in [0.4, 0.5) is 17.6 Å². The predicted molar refractivity (Wildman–Crippen MR) is 157 cm³/mol. The number of hydrogen-bond acceptors (Lipinski definition) is 4. The first-order valence-electron chi connectivity index (χ1n) is 14.2. The second kappa shape index (κ2) is 13.2. The summed E-state index contributed by atoms with van der Waals surface area (Å²) >= 11 is 12.5. The first-order chi connectivity index (χ1) is 21.3. The average molecular weight is 667 g/mol. The van der Waals surface area contributed by atoms with Gasteiger partial charge >= 0.3 is 6.18 Å². The Hall–Kier alpha value is -3.87. The molecule has 14 heteroatoms. The number of carboxylic acids is 1. The van der Waals surface area contributed by atoms with Gasteiger partial charge in [-0.05, 0) is 29.3 Å². The van der Waals surface area contributed by atoms with E-state index in [1.165, 1.54) is 23.3 Å². The Morgan fingerprint density at radius 1 is 1.04 bits per heavy atom. The number of amides is 1. The lowest BCUT2D eigenvalue weighted by Gasteiger charge is -2.38. The molecule has 0 bridgehead atoms. The number of carbonyl (C=O) groups is 2. The summed E-state index contributed by atoms with van der Waals surface area (Å²) in [6.07, 6.45) is -0.390. The minimum atomic E-state index is -5.19. The lowest BCUT2D eigenvalue weighted by Crippen LogP contribution is -3.15. The summed E-state index contributed by atoms with van der Waals surface area (Å²) in [5, 5.41) is 9.30. The molecule has 1 amide bonds. The average Bonchev–Trinajstić information content (AvgIpc) is 3.33. The van der Waals surface area contributed by atoms with Crippen LogP contribution in [0.1, 0.15) is 45.6 Å². The van der Waals surface area contributed by atoms with Gasteiger partial charge in [-0.2, -0.15) is 13.2 Å². The molecule has 0 saturated carbocycles. The predicted octanol–water partition coefficient (Wildman–Crippen LogP) is 3.21. The van der Waals surface area contributed by atoms with Crippen molar-refractivity contribution in [3.05, 3.63) is 109 Å². The van der Waals surface area contributed by atoms with Crippen LogP contribution < -0.4 is 15.6 Å². The highest BCUT2D eigenvalue weighted by molar-refractivity contribution is 6.42. The molecule has 1 fully saturated rings. The number of nitrogens with zero attached hydrogens (tertiary/aromatic N) is 2. The molecule has 4 aromatic rings. The summed E-state index contributed by atoms with van der Waals surface area (Å²) in [5.41, 5.74) is 4.37. The fourth-order valence-electron chi connectivity index (χ4n) is 5.99. The first kappa shape index (κ1) is 32.5. The smallest absolute Gasteiger partial charge is 0.430 e. The first-order valence-corrected chi connectivity index (χ1v) is 14.9. The van der Waals surface area contributed by atoms with Gasteiger partial charge in [-0.15, -0.1) is 0 Å². The number of aliphatic carboxylic acids is 1. The van der Waals surface area contributed by atoms with Gasteiger partial charge in [0.25, 0.3) is 11.5 Å². The Balaban J connectivity index is 0.000000515. The van der Waals surface area contributed by atoms with Crippen molar-refractivity contribution in [3.63, 3.8) is 0 Å². The van der Waals surface area contributed by atoms with Crippen LogP contribution in [-0.2, 0) is 24.2 Å². The summed E-state index contributed by atoms with van der Waals surface area (Å²) < 4.78 is 48.0. The fourth-order valence-corrected chi connectivity index (χ4v) is 6.43. The van der Waals surface area contributed by atoms with Crippen molar-refractivity contribution in [1.82, 2.24) is 14.3 Å². The highest BCUT2D eigenvalue weighted by atomic mass is 35.5. The molecule has 4 heterocycles. The normalized spacial score (nSPS) is 17.0. The van der Waals surface area contributed by atoms with Crippen LogP contribution in [0.2, 0.25) is 10.2 Å². The number of halogens is 6. The van der Waals surface area contributed by atoms with Gasteiger partial charge in [0.15, 0.2) is 0 Å². The summed E-state index contributed by atoms with van der Waals surface area (Å²) in [6.45, 7) is 3.38. The molecule has 2 aliphatic rings. The van der Waals surface area contributed by atoms with Crippen LogP contribution >= 0.6 is 23.2 Å². The number of hydrogen-bond donors (Lipinski definition) is 2. The van der Waals surface area contributed by atoms with Crippen molar-refractivity contribution >= 4 is 40.6 Å². The van der Waals surface area contributed by atoms with E-state index >= 15 is 0 Å². The molecular weight excluding hydrogens is 639 g/mol. The number of aromatic nitrogens is 2. The van der Waals surface area contributed by atoms with Crippen LogP contribution in [0.15, 0.2) is 59.5 Å². The number of H-pyrrole nitrogens is 1. The summed E-state index contributed by atoms with van der Waals surface area (Å²) in [5.74, 6) is -3.82. The summed E-state index contributed by atoms with van der Waals surface area (Å²) in [4.78, 5) is 40.4. The number of benzene rings is 2. The zero-order chi connectivity index (χ0) is 32.5. The largest absolute Gasteiger partial charge is 0.542 e. The third kappa shape index (κ3) is 7.18. The van der Waals surface area contributed by atoms with Gasteiger partial charge in [-0.25, -0.2) is 4.39 Å². The van der Waals surface area contributed by atoms with E-state index < -0.39 is 18.0 Å². The van der Waals surface area contributed by atoms with Gasteiger partial charge in [-0.1, -0.05) is 53.5 Å². The van der Waals surface area contributed by atoms with E-state index in [0.717, 1.165) is 37.9 Å². The third-order valence-electron chi connectivity index (χ3n) is 8.28. The van der Waals surface area contributed by atoms with Crippen molar-refractivity contribution < 1.29 is 37.2 Å². The lowest BCUT2D eigenvalue weighted by atomic mass is 9.95. The summed E-state index contributed by atoms with van der Waals surface area (Å²) in [7, 11) is 0. The molecule has 238 valence electrons. The Bertz CT molecular complexity index is 1800. The Kier molecular flexibility index (Phi) is 9.57. The van der Waals surface area contributed by atoms with Crippen LogP contribution in [-0.4, -0.2) is 58.0 Å². The van der Waals surface area contributed by atoms with Crippen molar-refractivity contribution in [2.45, 2.75) is 44.4 Å². The molecule has 2 aromatic carbocycles. The monoisotopic (exact) mass is 666 g/mol. The molecular formula is C31H28Cl2F4N4O4. The number of carboxylic acid groups (broad SMARTS) is 1. The van der Waals surface area contributed by atoms with Crippen LogP contribution in [0, 0.1) is 5.82 Å². The van der Waals surface area contributed by atoms with Crippen molar-refractivity contribution in [2.24, 2.45) is 0 Å². The maximum atomic E-state index is 14.9. The Morgan fingerprint density at radius 2 is 1.71 bits per heavy atom. The van der Waals surface area contributed by atoms with Crippen molar-refractivity contribution in [3.8, 4) is 0 Å². The third-order valence-corrected chi connectivity index (χ3v) is 9.03. The number of carbonyl (C=O) groups excluding carboxylic acids is 2. The molecule has 2 aromatic heterocycles. The second-order valence-corrected chi connectivity index (χ2v) is 11.8. The van der Waals surface area contributed by atoms with Gasteiger partial charge in [-0.3, -0.25) is 14.0 Å². The number of rotatable bonds is 4. The molecule has 8 nitrogen and oxygen atoms in total. The Labute approximate surface area is 264 Å². The van der Waals surface area contributed by atoms with E-state index in [1.54, 1.807) is 32.5 Å². The number of nitrogens with one attached hydrogen (secondary N) is 2. The quantitative estimate of drug-likeness (QED) is 0.327. The molecule has 1 saturated heterocycles. The van der Waals surface area contributed by atoms with Crippen LogP contribution in [0.3, 0.4) is 0 Å². The maximum absolute atomic E-state index is 14.9. The number of likely N-dealkylation sites (tertiary alicyclic amines) is 1. The molecule has 0 radical (unpaired) electrons. The minimum Gasteiger partial charge on any atom is -0.542 e. The highest BCUT2D eigenvalue weighted by Crippen LogP contribution is 2.27. The fraction of sp³-hybridized carbons (Fsp3) is 0.323. The molecule has 2 N–H and O–H groups in total. The second-order valence-electron chi connectivity index (χ2n) is 11.1. The van der Waals surface area contributed by atoms with E-state index in [0.29, 0.717) is 36.8 Å². The van der Waals surface area contributed by atoms with Gasteiger partial charge in [0, 0.05) is 56.2 Å². The van der Waals surface area contributed by atoms with Crippen molar-refractivity contribution in [2.75, 3.05) is 19.6 Å². The van der Waals surface area contributed by atoms with Gasteiger partial charge < -0.3 is 24.7 Å². The molecule has 0 aliphatic carbocycles. The number of aromatic amines is 1. The topological polar surface area (TPSA) is 102 Å². The molecule has 0 spiro atoms. The lowest BCUT2D eigenvalue weighted by molar-refractivity contribution is -0.942. The number of fused-ring (bicyclic) bond motifs is 2. The van der Waals surface area contributed by atoms with E-state index in [-0.39, 0.29) is 27.2 Å².